The average molecular weight is 356 g/mol. The van der Waals surface area contributed by atoms with E-state index < -0.39 is 6.29 Å². The van der Waals surface area contributed by atoms with Crippen LogP contribution in [0, 0.1) is 6.92 Å². The SMILES string of the molecule is COc1ccc(OC)c(NC2NNC(Cc3ccc(C)cc3)C(=O)N2)c1. The molecule has 1 heterocycles. The van der Waals surface area contributed by atoms with Gasteiger partial charge in [-0.15, -0.1) is 0 Å². The van der Waals surface area contributed by atoms with Gasteiger partial charge < -0.3 is 20.1 Å². The number of methoxy groups -OCH3 is 2. The second-order valence-corrected chi connectivity index (χ2v) is 6.18. The number of hydrazine groups is 1. The number of hydrogen-bond acceptors (Lipinski definition) is 6. The summed E-state index contributed by atoms with van der Waals surface area (Å²) in [6, 6.07) is 13.2. The summed E-state index contributed by atoms with van der Waals surface area (Å²) in [5.41, 5.74) is 9.16. The molecule has 7 nitrogen and oxygen atoms in total. The van der Waals surface area contributed by atoms with Crippen molar-refractivity contribution in [2.45, 2.75) is 25.7 Å². The van der Waals surface area contributed by atoms with Gasteiger partial charge in [-0.3, -0.25) is 4.79 Å². The van der Waals surface area contributed by atoms with Crippen LogP contribution in [0.2, 0.25) is 0 Å². The number of rotatable bonds is 6. The van der Waals surface area contributed by atoms with Crippen molar-refractivity contribution < 1.29 is 14.3 Å². The molecule has 138 valence electrons. The van der Waals surface area contributed by atoms with Gasteiger partial charge >= 0.3 is 0 Å². The Kier molecular flexibility index (Phi) is 5.60. The van der Waals surface area contributed by atoms with E-state index in [4.69, 9.17) is 9.47 Å². The van der Waals surface area contributed by atoms with E-state index in [1.165, 1.54) is 5.56 Å². The van der Waals surface area contributed by atoms with E-state index in [1.54, 1.807) is 20.3 Å². The maximum atomic E-state index is 12.4. The lowest BCUT2D eigenvalue weighted by atomic mass is 10.0. The van der Waals surface area contributed by atoms with E-state index in [0.29, 0.717) is 23.6 Å². The van der Waals surface area contributed by atoms with Gasteiger partial charge in [0.05, 0.1) is 19.9 Å². The highest BCUT2D eigenvalue weighted by molar-refractivity contribution is 5.83. The van der Waals surface area contributed by atoms with Crippen LogP contribution in [0.4, 0.5) is 5.69 Å². The first-order chi connectivity index (χ1) is 12.6. The van der Waals surface area contributed by atoms with Crippen LogP contribution in [-0.4, -0.2) is 32.5 Å². The maximum absolute atomic E-state index is 12.4. The third-order valence-electron chi connectivity index (χ3n) is 4.27. The molecule has 1 saturated heterocycles. The van der Waals surface area contributed by atoms with Crippen molar-refractivity contribution in [3.8, 4) is 11.5 Å². The largest absolute Gasteiger partial charge is 0.497 e. The standard InChI is InChI=1S/C19H24N4O3/c1-12-4-6-13(7-5-12)10-16-18(24)21-19(23-22-16)20-15-11-14(25-2)8-9-17(15)26-3/h4-9,11,16,19-20,22-23H,10H2,1-3H3,(H,21,24). The number of hydrogen-bond donors (Lipinski definition) is 4. The Morgan fingerprint density at radius 1 is 1.04 bits per heavy atom. The zero-order valence-corrected chi connectivity index (χ0v) is 15.1. The van der Waals surface area contributed by atoms with E-state index in [0.717, 1.165) is 5.56 Å². The van der Waals surface area contributed by atoms with Crippen LogP contribution in [0.3, 0.4) is 0 Å². The number of benzene rings is 2. The van der Waals surface area contributed by atoms with Crippen molar-refractivity contribution in [3.05, 3.63) is 53.6 Å². The molecule has 0 spiro atoms. The fourth-order valence-electron chi connectivity index (χ4n) is 2.79. The molecule has 0 aromatic heterocycles. The molecule has 4 N–H and O–H groups in total. The molecular weight excluding hydrogens is 332 g/mol. The molecule has 1 fully saturated rings. The van der Waals surface area contributed by atoms with Gasteiger partial charge in [0.15, 0.2) is 6.29 Å². The van der Waals surface area contributed by atoms with Crippen LogP contribution in [0.1, 0.15) is 11.1 Å². The predicted molar refractivity (Wildman–Crippen MR) is 100 cm³/mol. The van der Waals surface area contributed by atoms with E-state index >= 15 is 0 Å². The topological polar surface area (TPSA) is 83.7 Å². The Labute approximate surface area is 153 Å². The molecule has 0 radical (unpaired) electrons. The van der Waals surface area contributed by atoms with Gasteiger partial charge in [-0.1, -0.05) is 29.8 Å². The molecule has 1 aliphatic rings. The number of amides is 1. The first kappa shape index (κ1) is 18.0. The molecule has 2 aromatic carbocycles. The van der Waals surface area contributed by atoms with Crippen LogP contribution < -0.4 is 31.0 Å². The number of carbonyl (C=O) groups excluding carboxylic acids is 1. The van der Waals surface area contributed by atoms with E-state index in [9.17, 15) is 4.79 Å². The van der Waals surface area contributed by atoms with Gasteiger partial charge in [0, 0.05) is 6.07 Å². The quantitative estimate of drug-likeness (QED) is 0.629. The number of aryl methyl sites for hydroxylation is 1. The summed E-state index contributed by atoms with van der Waals surface area (Å²) in [4.78, 5) is 12.4. The van der Waals surface area contributed by atoms with Crippen molar-refractivity contribution in [3.63, 3.8) is 0 Å². The number of carbonyl (C=O) groups is 1. The normalized spacial score (nSPS) is 19.6. The molecule has 0 saturated carbocycles. The highest BCUT2D eigenvalue weighted by Crippen LogP contribution is 2.29. The predicted octanol–water partition coefficient (Wildman–Crippen LogP) is 1.54. The number of ether oxygens (including phenoxy) is 2. The summed E-state index contributed by atoms with van der Waals surface area (Å²) in [5, 5.41) is 6.10. The third-order valence-corrected chi connectivity index (χ3v) is 4.27. The van der Waals surface area contributed by atoms with Gasteiger partial charge in [-0.2, -0.15) is 0 Å². The van der Waals surface area contributed by atoms with E-state index in [1.807, 2.05) is 43.3 Å². The van der Waals surface area contributed by atoms with Crippen molar-refractivity contribution in [1.29, 1.82) is 0 Å². The summed E-state index contributed by atoms with van der Waals surface area (Å²) in [5.74, 6) is 1.27. The number of nitrogens with one attached hydrogen (secondary N) is 4. The first-order valence-electron chi connectivity index (χ1n) is 8.44. The fraction of sp³-hybridized carbons (Fsp3) is 0.316. The minimum atomic E-state index is -0.474. The fourth-order valence-corrected chi connectivity index (χ4v) is 2.79. The Morgan fingerprint density at radius 3 is 2.46 bits per heavy atom. The van der Waals surface area contributed by atoms with Gasteiger partial charge in [0.25, 0.3) is 0 Å². The molecule has 7 heteroatoms. The van der Waals surface area contributed by atoms with Gasteiger partial charge in [0.2, 0.25) is 5.91 Å². The zero-order chi connectivity index (χ0) is 18.5. The summed E-state index contributed by atoms with van der Waals surface area (Å²) in [6.45, 7) is 2.04. The third kappa shape index (κ3) is 4.25. The average Bonchev–Trinajstić information content (AvgIpc) is 2.65. The highest BCUT2D eigenvalue weighted by atomic mass is 16.5. The lowest BCUT2D eigenvalue weighted by Crippen LogP contribution is -2.68. The summed E-state index contributed by atoms with van der Waals surface area (Å²) < 4.78 is 10.6. The van der Waals surface area contributed by atoms with E-state index in [2.05, 4.69) is 21.5 Å². The molecule has 3 rings (SSSR count). The molecule has 0 bridgehead atoms. The smallest absolute Gasteiger partial charge is 0.241 e. The van der Waals surface area contributed by atoms with Gasteiger partial charge in [-0.05, 0) is 31.0 Å². The second kappa shape index (κ2) is 8.07. The van der Waals surface area contributed by atoms with Crippen LogP contribution >= 0.6 is 0 Å². The van der Waals surface area contributed by atoms with Gasteiger partial charge in [-0.25, -0.2) is 10.9 Å². The van der Waals surface area contributed by atoms with Crippen molar-refractivity contribution in [1.82, 2.24) is 16.2 Å². The first-order valence-corrected chi connectivity index (χ1v) is 8.44. The number of anilines is 1. The molecule has 26 heavy (non-hydrogen) atoms. The Balaban J connectivity index is 1.62. The van der Waals surface area contributed by atoms with Crippen LogP contribution in [0.25, 0.3) is 0 Å². The molecule has 2 atom stereocenters. The summed E-state index contributed by atoms with van der Waals surface area (Å²) >= 11 is 0. The van der Waals surface area contributed by atoms with Crippen molar-refractivity contribution >= 4 is 11.6 Å². The zero-order valence-electron chi connectivity index (χ0n) is 15.1. The van der Waals surface area contributed by atoms with Crippen LogP contribution in [0.5, 0.6) is 11.5 Å². The molecule has 2 unspecified atom stereocenters. The lowest BCUT2D eigenvalue weighted by molar-refractivity contribution is -0.126. The van der Waals surface area contributed by atoms with Crippen molar-refractivity contribution in [2.24, 2.45) is 0 Å². The minimum absolute atomic E-state index is 0.0799. The Hall–Kier alpha value is -2.77. The van der Waals surface area contributed by atoms with Gasteiger partial charge in [0.1, 0.15) is 17.5 Å². The minimum Gasteiger partial charge on any atom is -0.497 e. The molecule has 1 amide bonds. The monoisotopic (exact) mass is 356 g/mol. The second-order valence-electron chi connectivity index (χ2n) is 6.18. The Morgan fingerprint density at radius 2 is 1.81 bits per heavy atom. The van der Waals surface area contributed by atoms with Crippen molar-refractivity contribution in [2.75, 3.05) is 19.5 Å². The molecule has 0 aliphatic carbocycles. The summed E-state index contributed by atoms with van der Waals surface area (Å²) in [6.07, 6.45) is 0.131. The van der Waals surface area contributed by atoms with Crippen LogP contribution in [-0.2, 0) is 11.2 Å². The Bertz CT molecular complexity index is 764. The maximum Gasteiger partial charge on any atom is 0.241 e. The molecule has 1 aliphatic heterocycles. The highest BCUT2D eigenvalue weighted by Gasteiger charge is 2.27. The molecular formula is C19H24N4O3. The van der Waals surface area contributed by atoms with Crippen LogP contribution in [0.15, 0.2) is 42.5 Å². The molecule has 2 aromatic rings. The lowest BCUT2D eigenvalue weighted by Gasteiger charge is -2.32. The van der Waals surface area contributed by atoms with E-state index in [-0.39, 0.29) is 11.9 Å². The summed E-state index contributed by atoms with van der Waals surface area (Å²) in [7, 11) is 3.19.